The van der Waals surface area contributed by atoms with Gasteiger partial charge in [-0.2, -0.15) is 4.67 Å². The van der Waals surface area contributed by atoms with Gasteiger partial charge >= 0.3 is 13.7 Å². The van der Waals surface area contributed by atoms with Gasteiger partial charge < -0.3 is 24.6 Å². The van der Waals surface area contributed by atoms with Crippen LogP contribution in [0, 0.1) is 5.92 Å². The minimum atomic E-state index is -4.82. The highest BCUT2D eigenvalue weighted by Crippen LogP contribution is 2.44. The van der Waals surface area contributed by atoms with Crippen molar-refractivity contribution in [3.8, 4) is 11.1 Å². The number of carboxylic acid groups (broad SMARTS) is 1. The predicted octanol–water partition coefficient (Wildman–Crippen LogP) is 4.13. The summed E-state index contributed by atoms with van der Waals surface area (Å²) >= 11 is 1.32. The number of carbonyl (C=O) groups is 2. The average molecular weight is 521 g/mol. The quantitative estimate of drug-likeness (QED) is 0.261. The Kier molecular flexibility index (Phi) is 9.04. The van der Waals surface area contributed by atoms with Crippen molar-refractivity contribution in [3.63, 3.8) is 0 Å². The van der Waals surface area contributed by atoms with Crippen LogP contribution in [-0.2, 0) is 27.1 Å². The first-order valence-electron chi connectivity index (χ1n) is 11.0. The van der Waals surface area contributed by atoms with Gasteiger partial charge in [-0.15, -0.1) is 11.3 Å². The first-order chi connectivity index (χ1) is 16.5. The van der Waals surface area contributed by atoms with Crippen LogP contribution in [0.15, 0.2) is 64.8 Å². The molecule has 4 N–H and O–H groups in total. The van der Waals surface area contributed by atoms with E-state index < -0.39 is 31.7 Å². The van der Waals surface area contributed by atoms with Gasteiger partial charge in [0, 0.05) is 23.4 Å². The normalized spacial score (nSPS) is 13.7. The summed E-state index contributed by atoms with van der Waals surface area (Å²) in [4.78, 5) is 46.0. The van der Waals surface area contributed by atoms with Crippen LogP contribution in [0.3, 0.4) is 0 Å². The summed E-state index contributed by atoms with van der Waals surface area (Å²) in [6.07, 6.45) is 3.33. The molecule has 0 aliphatic heterocycles. The van der Waals surface area contributed by atoms with Crippen LogP contribution in [0.4, 0.5) is 0 Å². The van der Waals surface area contributed by atoms with Crippen molar-refractivity contribution in [2.45, 2.75) is 45.3 Å². The lowest BCUT2D eigenvalue weighted by atomic mass is 10.00. The molecule has 3 aromatic rings. The lowest BCUT2D eigenvalue weighted by Gasteiger charge is -2.32. The zero-order chi connectivity index (χ0) is 25.6. The molecule has 1 amide bonds. The van der Waals surface area contributed by atoms with E-state index in [1.807, 2.05) is 32.0 Å². The lowest BCUT2D eigenvalue weighted by Crippen LogP contribution is -2.51. The summed E-state index contributed by atoms with van der Waals surface area (Å²) in [5.41, 5.74) is 2.48. The molecule has 11 heteroatoms. The Morgan fingerprint density at radius 2 is 1.83 bits per heavy atom. The van der Waals surface area contributed by atoms with Crippen molar-refractivity contribution in [2.24, 2.45) is 5.92 Å². The number of nitrogens with zero attached hydrogens (tertiary/aromatic N) is 1. The van der Waals surface area contributed by atoms with Crippen LogP contribution in [0.25, 0.3) is 11.1 Å². The summed E-state index contributed by atoms with van der Waals surface area (Å²) in [7, 11) is -4.82. The molecule has 2 aromatic heterocycles. The van der Waals surface area contributed by atoms with Gasteiger partial charge in [-0.25, -0.2) is 9.36 Å². The third-order valence-corrected chi connectivity index (χ3v) is 7.40. The molecular weight excluding hydrogens is 491 g/mol. The van der Waals surface area contributed by atoms with Crippen molar-refractivity contribution in [1.82, 2.24) is 9.99 Å². The van der Waals surface area contributed by atoms with E-state index >= 15 is 0 Å². The van der Waals surface area contributed by atoms with Crippen LogP contribution in [0.2, 0.25) is 0 Å². The van der Waals surface area contributed by atoms with Gasteiger partial charge in [0.15, 0.2) is 0 Å². The molecule has 2 heterocycles. The molecule has 35 heavy (non-hydrogen) atoms. The molecule has 9 nitrogen and oxygen atoms in total. The van der Waals surface area contributed by atoms with E-state index in [2.05, 4.69) is 5.32 Å². The highest BCUT2D eigenvalue weighted by atomic mass is 32.1. The average Bonchev–Trinajstić information content (AvgIpc) is 3.49. The predicted molar refractivity (Wildman–Crippen MR) is 133 cm³/mol. The van der Waals surface area contributed by atoms with E-state index in [1.165, 1.54) is 11.3 Å². The highest BCUT2D eigenvalue weighted by molar-refractivity contribution is 7.49. The van der Waals surface area contributed by atoms with Crippen molar-refractivity contribution in [3.05, 3.63) is 70.8 Å². The molecule has 0 saturated carbocycles. The van der Waals surface area contributed by atoms with E-state index in [9.17, 15) is 29.0 Å². The Balaban J connectivity index is 1.79. The number of carbonyl (C=O) groups excluding carboxylic acids is 1. The molecule has 1 aromatic carbocycles. The number of benzene rings is 1. The van der Waals surface area contributed by atoms with Gasteiger partial charge in [-0.1, -0.05) is 44.2 Å². The van der Waals surface area contributed by atoms with Gasteiger partial charge in [-0.3, -0.25) is 4.79 Å². The van der Waals surface area contributed by atoms with Crippen LogP contribution in [-0.4, -0.2) is 43.5 Å². The summed E-state index contributed by atoms with van der Waals surface area (Å²) < 4.78 is 18.3. The van der Waals surface area contributed by atoms with E-state index in [4.69, 9.17) is 4.42 Å². The van der Waals surface area contributed by atoms with Crippen molar-refractivity contribution in [2.75, 3.05) is 0 Å². The Labute approximate surface area is 207 Å². The topological polar surface area (TPSA) is 140 Å². The minimum Gasteiger partial charge on any atom is -0.480 e. The smallest absolute Gasteiger partial charge is 0.404 e. The van der Waals surface area contributed by atoms with E-state index in [1.54, 1.807) is 42.2 Å². The molecule has 0 aliphatic rings. The number of furan rings is 1. The fourth-order valence-corrected chi connectivity index (χ4v) is 5.42. The first kappa shape index (κ1) is 26.8. The fourth-order valence-electron chi connectivity index (χ4n) is 3.72. The largest absolute Gasteiger partial charge is 0.480 e. The molecular formula is C24H29N2O7PS. The Hall–Kier alpha value is -2.75. The molecule has 0 saturated heterocycles. The molecule has 188 valence electrons. The summed E-state index contributed by atoms with van der Waals surface area (Å²) in [5.74, 6) is -2.04. The standard InChI is InChI=1S/C24H29N2O7PS/c1-16(2)12-22(26(34(30,31)32)14-20-4-3-11-35-20)23(27)25-21(24(28)29)13-17-5-7-18(8-6-17)19-9-10-33-15-19/h3-11,15-16,21-22H,12-14H2,1-2H3,(H,25,27)(H,28,29)(H2,30,31,32). The lowest BCUT2D eigenvalue weighted by molar-refractivity contribution is -0.142. The Morgan fingerprint density at radius 3 is 2.34 bits per heavy atom. The molecule has 3 rings (SSSR count). The third-order valence-electron chi connectivity index (χ3n) is 5.45. The number of rotatable bonds is 12. The zero-order valence-electron chi connectivity index (χ0n) is 19.4. The fraction of sp³-hybridized carbons (Fsp3) is 0.333. The second-order valence-electron chi connectivity index (χ2n) is 8.65. The molecule has 0 bridgehead atoms. The second kappa shape index (κ2) is 11.8. The van der Waals surface area contributed by atoms with Crippen molar-refractivity contribution in [1.29, 1.82) is 0 Å². The molecule has 0 radical (unpaired) electrons. The van der Waals surface area contributed by atoms with Crippen molar-refractivity contribution >= 4 is 31.0 Å². The van der Waals surface area contributed by atoms with Gasteiger partial charge in [0.2, 0.25) is 5.91 Å². The number of nitrogens with one attached hydrogen (secondary N) is 1. The molecule has 2 unspecified atom stereocenters. The molecule has 2 atom stereocenters. The molecule has 0 aliphatic carbocycles. The summed E-state index contributed by atoms with van der Waals surface area (Å²) in [6, 6.07) is 10.0. The third kappa shape index (κ3) is 7.62. The van der Waals surface area contributed by atoms with Crippen molar-refractivity contribution < 1.29 is 33.5 Å². The number of aliphatic carboxylic acids is 1. The maximum atomic E-state index is 13.2. The molecule has 0 spiro atoms. The van der Waals surface area contributed by atoms with Crippen LogP contribution in [0.5, 0.6) is 0 Å². The summed E-state index contributed by atoms with van der Waals surface area (Å²) in [5, 5.41) is 14.1. The number of hydrogen-bond donors (Lipinski definition) is 4. The van der Waals surface area contributed by atoms with Gasteiger partial charge in [0.1, 0.15) is 6.04 Å². The van der Waals surface area contributed by atoms with Crippen LogP contribution >= 0.6 is 19.1 Å². The van der Waals surface area contributed by atoms with Crippen LogP contribution in [0.1, 0.15) is 30.7 Å². The number of amides is 1. The van der Waals surface area contributed by atoms with Gasteiger partial charge in [-0.05, 0) is 41.0 Å². The number of thiophene rings is 1. The number of carboxylic acids is 1. The maximum absolute atomic E-state index is 13.2. The van der Waals surface area contributed by atoms with E-state index in [0.29, 0.717) is 10.4 Å². The molecule has 0 fully saturated rings. The Bertz CT molecular complexity index is 1140. The van der Waals surface area contributed by atoms with E-state index in [0.717, 1.165) is 15.8 Å². The maximum Gasteiger partial charge on any atom is 0.404 e. The Morgan fingerprint density at radius 1 is 1.11 bits per heavy atom. The van der Waals surface area contributed by atoms with Gasteiger partial charge in [0.25, 0.3) is 0 Å². The monoisotopic (exact) mass is 520 g/mol. The summed E-state index contributed by atoms with van der Waals surface area (Å²) in [6.45, 7) is 3.54. The first-order valence-corrected chi connectivity index (χ1v) is 13.5. The zero-order valence-corrected chi connectivity index (χ0v) is 21.1. The number of hydrogen-bond acceptors (Lipinski definition) is 5. The minimum absolute atomic E-state index is 0.0158. The van der Waals surface area contributed by atoms with E-state index in [-0.39, 0.29) is 25.3 Å². The SMILES string of the molecule is CC(C)CC(C(=O)NC(Cc1ccc(-c2ccoc2)cc1)C(=O)O)N(Cc1cccs1)P(=O)(O)O. The second-order valence-corrected chi connectivity index (χ2v) is 11.2. The van der Waals surface area contributed by atoms with Gasteiger partial charge in [0.05, 0.1) is 18.6 Å². The van der Waals surface area contributed by atoms with Crippen LogP contribution < -0.4 is 5.32 Å². The highest BCUT2D eigenvalue weighted by Gasteiger charge is 2.39.